The summed E-state index contributed by atoms with van der Waals surface area (Å²) in [5.41, 5.74) is 3.64. The van der Waals surface area contributed by atoms with Crippen LogP contribution in [0.5, 0.6) is 0 Å². The van der Waals surface area contributed by atoms with Crippen molar-refractivity contribution in [3.05, 3.63) is 90.4 Å². The molecule has 0 unspecified atom stereocenters. The number of pyridine rings is 3. The molecule has 11 nitrogen and oxygen atoms in total. The van der Waals surface area contributed by atoms with E-state index in [1.165, 1.54) is 12.1 Å². The quantitative estimate of drug-likeness (QED) is 0.367. The summed E-state index contributed by atoms with van der Waals surface area (Å²) in [5.74, 6) is -2.25. The maximum absolute atomic E-state index is 11.2. The van der Waals surface area contributed by atoms with Crippen molar-refractivity contribution < 1.29 is 19.8 Å². The molecule has 0 aliphatic rings. The second-order valence-corrected chi connectivity index (χ2v) is 7.43. The maximum atomic E-state index is 11.2. The van der Waals surface area contributed by atoms with Crippen molar-refractivity contribution in [2.75, 3.05) is 0 Å². The molecule has 5 rings (SSSR count). The molecule has 0 fully saturated rings. The minimum absolute atomic E-state index is 0.0835. The highest BCUT2D eigenvalue weighted by Gasteiger charge is 2.15. The van der Waals surface area contributed by atoms with Crippen molar-refractivity contribution in [2.45, 2.75) is 0 Å². The van der Waals surface area contributed by atoms with E-state index >= 15 is 0 Å². The smallest absolute Gasteiger partial charge is 0.354 e. The number of carbonyl (C=O) groups is 2. The number of rotatable bonds is 6. The molecule has 5 aromatic rings. The SMILES string of the molecule is O=C(O)c1cccc(-c2ccc(-c3cccnc3-c3ccc(-c4cccc(C(=O)O)n4)nn3)nn2)n1. The summed E-state index contributed by atoms with van der Waals surface area (Å²) in [7, 11) is 0. The van der Waals surface area contributed by atoms with Crippen LogP contribution in [0.15, 0.2) is 79.0 Å². The minimum atomic E-state index is -1.13. The van der Waals surface area contributed by atoms with Gasteiger partial charge in [0.15, 0.2) is 0 Å². The van der Waals surface area contributed by atoms with Crippen molar-refractivity contribution in [2.24, 2.45) is 0 Å². The van der Waals surface area contributed by atoms with Crippen LogP contribution < -0.4 is 0 Å². The van der Waals surface area contributed by atoms with E-state index in [4.69, 9.17) is 10.2 Å². The first-order valence-corrected chi connectivity index (χ1v) is 10.5. The highest BCUT2D eigenvalue weighted by atomic mass is 16.4. The van der Waals surface area contributed by atoms with E-state index in [1.807, 2.05) is 6.07 Å². The zero-order chi connectivity index (χ0) is 25.1. The number of aromatic carboxylic acids is 2. The van der Waals surface area contributed by atoms with Crippen molar-refractivity contribution in [1.82, 2.24) is 35.3 Å². The number of aromatic nitrogens is 7. The van der Waals surface area contributed by atoms with Gasteiger partial charge in [-0.3, -0.25) is 4.98 Å². The molecule has 36 heavy (non-hydrogen) atoms. The van der Waals surface area contributed by atoms with Crippen molar-refractivity contribution in [1.29, 1.82) is 0 Å². The largest absolute Gasteiger partial charge is 0.477 e. The first-order valence-electron chi connectivity index (χ1n) is 10.5. The zero-order valence-electron chi connectivity index (χ0n) is 18.3. The van der Waals surface area contributed by atoms with E-state index in [2.05, 4.69) is 35.3 Å². The van der Waals surface area contributed by atoms with Gasteiger partial charge in [-0.25, -0.2) is 19.6 Å². The van der Waals surface area contributed by atoms with Gasteiger partial charge in [0.2, 0.25) is 0 Å². The molecule has 5 heterocycles. The number of hydrogen-bond donors (Lipinski definition) is 2. The summed E-state index contributed by atoms with van der Waals surface area (Å²) in [4.78, 5) is 35.0. The molecule has 5 aromatic heterocycles. The molecule has 0 aromatic carbocycles. The van der Waals surface area contributed by atoms with Crippen LogP contribution >= 0.6 is 0 Å². The summed E-state index contributed by atoms with van der Waals surface area (Å²) in [6.07, 6.45) is 1.62. The fourth-order valence-electron chi connectivity index (χ4n) is 3.42. The second-order valence-electron chi connectivity index (χ2n) is 7.43. The van der Waals surface area contributed by atoms with E-state index in [1.54, 1.807) is 60.8 Å². The Morgan fingerprint density at radius 3 is 1.53 bits per heavy atom. The molecule has 0 bridgehead atoms. The van der Waals surface area contributed by atoms with Gasteiger partial charge in [-0.15, -0.1) is 20.4 Å². The molecule has 2 N–H and O–H groups in total. The molecule has 0 atom stereocenters. The van der Waals surface area contributed by atoms with Crippen molar-refractivity contribution in [3.63, 3.8) is 0 Å². The number of nitrogens with zero attached hydrogens (tertiary/aromatic N) is 7. The lowest BCUT2D eigenvalue weighted by atomic mass is 10.1. The van der Waals surface area contributed by atoms with Crippen LogP contribution in [-0.2, 0) is 0 Å². The Hall–Kier alpha value is -5.45. The van der Waals surface area contributed by atoms with Crippen LogP contribution in [0.1, 0.15) is 21.0 Å². The van der Waals surface area contributed by atoms with Crippen LogP contribution in [0, 0.1) is 0 Å². The number of carboxylic acid groups (broad SMARTS) is 2. The molecule has 0 spiro atoms. The lowest BCUT2D eigenvalue weighted by molar-refractivity contribution is 0.0680. The Morgan fingerprint density at radius 2 is 1.03 bits per heavy atom. The predicted molar refractivity (Wildman–Crippen MR) is 127 cm³/mol. The molecule has 11 heteroatoms. The lowest BCUT2D eigenvalue weighted by Crippen LogP contribution is -2.02. The Morgan fingerprint density at radius 1 is 0.528 bits per heavy atom. The van der Waals surface area contributed by atoms with Gasteiger partial charge >= 0.3 is 11.9 Å². The fourth-order valence-corrected chi connectivity index (χ4v) is 3.42. The molecule has 0 aliphatic heterocycles. The standard InChI is InChI=1S/C25H15N7O4/c33-24(34)21-7-1-5-16(27-21)18-10-9-15(29-30-18)14-4-3-13-26-23(14)20-12-11-19(31-32-20)17-6-2-8-22(28-17)25(35)36/h1-13H,(H,33,34)(H,35,36). The Kier molecular flexibility index (Phi) is 5.85. The van der Waals surface area contributed by atoms with Gasteiger partial charge in [0, 0.05) is 11.8 Å². The molecule has 0 saturated heterocycles. The lowest BCUT2D eigenvalue weighted by Gasteiger charge is -2.08. The zero-order valence-corrected chi connectivity index (χ0v) is 18.3. The van der Waals surface area contributed by atoms with Gasteiger partial charge in [0.05, 0.1) is 22.8 Å². The molecule has 174 valence electrons. The number of hydrogen-bond acceptors (Lipinski definition) is 9. The third-order valence-corrected chi connectivity index (χ3v) is 5.12. The molecule has 0 amide bonds. The Bertz CT molecular complexity index is 1470. The summed E-state index contributed by atoms with van der Waals surface area (Å²) in [5, 5.41) is 35.3. The van der Waals surface area contributed by atoms with E-state index < -0.39 is 11.9 Å². The predicted octanol–water partition coefficient (Wildman–Crippen LogP) is 3.52. The van der Waals surface area contributed by atoms with E-state index in [0.29, 0.717) is 45.4 Å². The van der Waals surface area contributed by atoms with Crippen molar-refractivity contribution in [3.8, 4) is 45.4 Å². The molecular formula is C25H15N7O4. The summed E-state index contributed by atoms with van der Waals surface area (Å²) < 4.78 is 0. The maximum Gasteiger partial charge on any atom is 0.354 e. The van der Waals surface area contributed by atoms with E-state index in [-0.39, 0.29) is 11.4 Å². The Balaban J connectivity index is 1.45. The normalized spacial score (nSPS) is 10.7. The highest BCUT2D eigenvalue weighted by Crippen LogP contribution is 2.28. The van der Waals surface area contributed by atoms with E-state index in [9.17, 15) is 9.59 Å². The highest BCUT2D eigenvalue weighted by molar-refractivity contribution is 5.86. The summed E-state index contributed by atoms with van der Waals surface area (Å²) >= 11 is 0. The average molecular weight is 477 g/mol. The average Bonchev–Trinajstić information content (AvgIpc) is 2.93. The molecule has 0 aliphatic carbocycles. The fraction of sp³-hybridized carbons (Fsp3) is 0. The van der Waals surface area contributed by atoms with Crippen LogP contribution in [0.2, 0.25) is 0 Å². The first kappa shape index (κ1) is 22.3. The van der Waals surface area contributed by atoms with Gasteiger partial charge in [0.1, 0.15) is 28.5 Å². The molecule has 0 saturated carbocycles. The minimum Gasteiger partial charge on any atom is -0.477 e. The van der Waals surface area contributed by atoms with Crippen LogP contribution in [0.3, 0.4) is 0 Å². The van der Waals surface area contributed by atoms with E-state index in [0.717, 1.165) is 0 Å². The van der Waals surface area contributed by atoms with Gasteiger partial charge in [-0.2, -0.15) is 0 Å². The van der Waals surface area contributed by atoms with Gasteiger partial charge < -0.3 is 10.2 Å². The summed E-state index contributed by atoms with van der Waals surface area (Å²) in [6.45, 7) is 0. The second kappa shape index (κ2) is 9.43. The third kappa shape index (κ3) is 4.48. The topological polar surface area (TPSA) is 165 Å². The monoisotopic (exact) mass is 477 g/mol. The van der Waals surface area contributed by atoms with Crippen LogP contribution in [0.4, 0.5) is 0 Å². The third-order valence-electron chi connectivity index (χ3n) is 5.12. The first-order chi connectivity index (χ1) is 17.5. The molecular weight excluding hydrogens is 462 g/mol. The van der Waals surface area contributed by atoms with Gasteiger partial charge in [-0.1, -0.05) is 12.1 Å². The van der Waals surface area contributed by atoms with Crippen molar-refractivity contribution >= 4 is 11.9 Å². The number of carboxylic acids is 2. The molecule has 0 radical (unpaired) electrons. The van der Waals surface area contributed by atoms with Gasteiger partial charge in [-0.05, 0) is 60.7 Å². The van der Waals surface area contributed by atoms with Crippen LogP contribution in [0.25, 0.3) is 45.4 Å². The van der Waals surface area contributed by atoms with Gasteiger partial charge in [0.25, 0.3) is 0 Å². The summed E-state index contributed by atoms with van der Waals surface area (Å²) in [6, 6.07) is 19.7. The van der Waals surface area contributed by atoms with Crippen LogP contribution in [-0.4, -0.2) is 57.5 Å². The Labute approximate surface area is 203 Å².